The molecular formula is C20H25N3O2. The molecule has 0 unspecified atom stereocenters. The molecule has 25 heavy (non-hydrogen) atoms. The molecule has 1 aliphatic heterocycles. The van der Waals surface area contributed by atoms with Gasteiger partial charge < -0.3 is 20.3 Å². The Kier molecular flexibility index (Phi) is 5.56. The molecule has 0 aromatic heterocycles. The van der Waals surface area contributed by atoms with E-state index in [0.29, 0.717) is 19.7 Å². The zero-order valence-corrected chi connectivity index (χ0v) is 14.8. The van der Waals surface area contributed by atoms with E-state index in [0.717, 1.165) is 35.7 Å². The number of fused-ring (bicyclic) bond motifs is 1. The molecule has 1 heterocycles. The number of para-hydroxylation sites is 1. The fourth-order valence-corrected chi connectivity index (χ4v) is 2.95. The lowest BCUT2D eigenvalue weighted by Gasteiger charge is -2.21. The van der Waals surface area contributed by atoms with Gasteiger partial charge in [0.05, 0.1) is 13.1 Å². The maximum atomic E-state index is 12.8. The van der Waals surface area contributed by atoms with Crippen LogP contribution in [0.15, 0.2) is 42.5 Å². The van der Waals surface area contributed by atoms with Crippen LogP contribution in [0.5, 0.6) is 5.75 Å². The Hall–Kier alpha value is -2.53. The molecule has 0 radical (unpaired) electrons. The SMILES string of the molecule is CCNCc1ccccc1NC(=O)N1CCOc2ccc(C)cc2C1. The van der Waals surface area contributed by atoms with Gasteiger partial charge in [0.2, 0.25) is 0 Å². The van der Waals surface area contributed by atoms with Gasteiger partial charge in [-0.3, -0.25) is 0 Å². The molecule has 5 nitrogen and oxygen atoms in total. The average Bonchev–Trinajstić information content (AvgIpc) is 2.83. The van der Waals surface area contributed by atoms with Gasteiger partial charge >= 0.3 is 6.03 Å². The summed E-state index contributed by atoms with van der Waals surface area (Å²) in [5.74, 6) is 0.869. The number of aryl methyl sites for hydroxylation is 1. The molecule has 0 spiro atoms. The van der Waals surface area contributed by atoms with Crippen molar-refractivity contribution in [3.63, 3.8) is 0 Å². The Morgan fingerprint density at radius 1 is 1.24 bits per heavy atom. The molecular weight excluding hydrogens is 314 g/mol. The highest BCUT2D eigenvalue weighted by molar-refractivity contribution is 5.90. The van der Waals surface area contributed by atoms with Gasteiger partial charge in [0, 0.05) is 17.8 Å². The van der Waals surface area contributed by atoms with Crippen LogP contribution in [-0.4, -0.2) is 30.6 Å². The van der Waals surface area contributed by atoms with Crippen LogP contribution in [0.2, 0.25) is 0 Å². The molecule has 3 rings (SSSR count). The Morgan fingerprint density at radius 2 is 2.08 bits per heavy atom. The first-order valence-corrected chi connectivity index (χ1v) is 8.74. The molecule has 0 atom stereocenters. The van der Waals surface area contributed by atoms with Crippen LogP contribution in [0.4, 0.5) is 10.5 Å². The Balaban J connectivity index is 1.73. The summed E-state index contributed by atoms with van der Waals surface area (Å²) in [5, 5.41) is 6.36. The van der Waals surface area contributed by atoms with Gasteiger partial charge in [0.25, 0.3) is 0 Å². The van der Waals surface area contributed by atoms with Crippen LogP contribution in [0.3, 0.4) is 0 Å². The van der Waals surface area contributed by atoms with Crippen molar-refractivity contribution in [2.75, 3.05) is 25.0 Å². The van der Waals surface area contributed by atoms with E-state index in [4.69, 9.17) is 4.74 Å². The van der Waals surface area contributed by atoms with Crippen molar-refractivity contribution in [3.8, 4) is 5.75 Å². The minimum absolute atomic E-state index is 0.0955. The minimum Gasteiger partial charge on any atom is -0.491 e. The summed E-state index contributed by atoms with van der Waals surface area (Å²) in [6.45, 7) is 7.36. The lowest BCUT2D eigenvalue weighted by molar-refractivity contribution is 0.200. The van der Waals surface area contributed by atoms with Crippen molar-refractivity contribution in [2.24, 2.45) is 0 Å². The van der Waals surface area contributed by atoms with E-state index in [-0.39, 0.29) is 6.03 Å². The lowest BCUT2D eigenvalue weighted by atomic mass is 10.1. The van der Waals surface area contributed by atoms with Crippen molar-refractivity contribution >= 4 is 11.7 Å². The van der Waals surface area contributed by atoms with Gasteiger partial charge in [-0.05, 0) is 31.2 Å². The molecule has 2 aromatic rings. The second-order valence-electron chi connectivity index (χ2n) is 6.25. The monoisotopic (exact) mass is 339 g/mol. The average molecular weight is 339 g/mol. The number of carbonyl (C=O) groups excluding carboxylic acids is 1. The first-order valence-electron chi connectivity index (χ1n) is 8.74. The molecule has 0 bridgehead atoms. The number of nitrogens with zero attached hydrogens (tertiary/aromatic N) is 1. The summed E-state index contributed by atoms with van der Waals surface area (Å²) in [6, 6.07) is 13.9. The highest BCUT2D eigenvalue weighted by Crippen LogP contribution is 2.25. The van der Waals surface area contributed by atoms with Crippen molar-refractivity contribution in [3.05, 3.63) is 59.2 Å². The number of hydrogen-bond acceptors (Lipinski definition) is 3. The second kappa shape index (κ2) is 8.03. The summed E-state index contributed by atoms with van der Waals surface area (Å²) >= 11 is 0. The molecule has 2 amide bonds. The van der Waals surface area contributed by atoms with Gasteiger partial charge in [-0.1, -0.05) is 42.8 Å². The highest BCUT2D eigenvalue weighted by atomic mass is 16.5. The van der Waals surface area contributed by atoms with Crippen LogP contribution in [0.1, 0.15) is 23.6 Å². The predicted molar refractivity (Wildman–Crippen MR) is 99.9 cm³/mol. The summed E-state index contributed by atoms with van der Waals surface area (Å²) in [7, 11) is 0. The van der Waals surface area contributed by atoms with Crippen molar-refractivity contribution in [1.82, 2.24) is 10.2 Å². The zero-order valence-electron chi connectivity index (χ0n) is 14.8. The smallest absolute Gasteiger partial charge is 0.322 e. The first kappa shape index (κ1) is 17.3. The standard InChI is InChI=1S/C20H25N3O2/c1-3-21-13-16-6-4-5-7-18(16)22-20(24)23-10-11-25-19-9-8-15(2)12-17(19)14-23/h4-9,12,21H,3,10-11,13-14H2,1-2H3,(H,22,24). The number of anilines is 1. The molecule has 5 heteroatoms. The van der Waals surface area contributed by atoms with E-state index in [1.807, 2.05) is 43.3 Å². The normalized spacial score (nSPS) is 13.6. The predicted octanol–water partition coefficient (Wildman–Crippen LogP) is 3.53. The molecule has 2 N–H and O–H groups in total. The number of benzene rings is 2. The first-order chi connectivity index (χ1) is 12.2. The lowest BCUT2D eigenvalue weighted by Crippen LogP contribution is -2.36. The highest BCUT2D eigenvalue weighted by Gasteiger charge is 2.20. The van der Waals surface area contributed by atoms with Crippen LogP contribution in [-0.2, 0) is 13.1 Å². The number of rotatable bonds is 4. The maximum Gasteiger partial charge on any atom is 0.322 e. The Labute approximate surface area is 149 Å². The third kappa shape index (κ3) is 4.31. The minimum atomic E-state index is -0.0955. The molecule has 0 fully saturated rings. The third-order valence-corrected chi connectivity index (χ3v) is 4.31. The fraction of sp³-hybridized carbons (Fsp3) is 0.350. The van der Waals surface area contributed by atoms with E-state index in [9.17, 15) is 4.79 Å². The van der Waals surface area contributed by atoms with Gasteiger partial charge in [-0.25, -0.2) is 4.79 Å². The molecule has 132 valence electrons. The number of ether oxygens (including phenoxy) is 1. The molecule has 0 saturated carbocycles. The molecule has 1 aliphatic rings. The van der Waals surface area contributed by atoms with Gasteiger partial charge in [0.1, 0.15) is 12.4 Å². The largest absolute Gasteiger partial charge is 0.491 e. The third-order valence-electron chi connectivity index (χ3n) is 4.31. The van der Waals surface area contributed by atoms with Crippen molar-refractivity contribution in [2.45, 2.75) is 26.9 Å². The van der Waals surface area contributed by atoms with Gasteiger partial charge in [-0.2, -0.15) is 0 Å². The van der Waals surface area contributed by atoms with Crippen molar-refractivity contribution in [1.29, 1.82) is 0 Å². The summed E-state index contributed by atoms with van der Waals surface area (Å²) in [5.41, 5.74) is 4.15. The van der Waals surface area contributed by atoms with Crippen LogP contribution >= 0.6 is 0 Å². The van der Waals surface area contributed by atoms with E-state index in [1.165, 1.54) is 5.56 Å². The topological polar surface area (TPSA) is 53.6 Å². The van der Waals surface area contributed by atoms with Crippen LogP contribution in [0.25, 0.3) is 0 Å². The summed E-state index contributed by atoms with van der Waals surface area (Å²) in [4.78, 5) is 14.6. The fourth-order valence-electron chi connectivity index (χ4n) is 2.95. The van der Waals surface area contributed by atoms with Crippen LogP contribution < -0.4 is 15.4 Å². The zero-order chi connectivity index (χ0) is 17.6. The van der Waals surface area contributed by atoms with E-state index in [1.54, 1.807) is 4.90 Å². The molecule has 2 aromatic carbocycles. The summed E-state index contributed by atoms with van der Waals surface area (Å²) in [6.07, 6.45) is 0. The number of amides is 2. The number of nitrogens with one attached hydrogen (secondary N) is 2. The van der Waals surface area contributed by atoms with E-state index < -0.39 is 0 Å². The van der Waals surface area contributed by atoms with Gasteiger partial charge in [-0.15, -0.1) is 0 Å². The van der Waals surface area contributed by atoms with Gasteiger partial charge in [0.15, 0.2) is 0 Å². The molecule has 0 saturated heterocycles. The van der Waals surface area contributed by atoms with Crippen LogP contribution in [0, 0.1) is 6.92 Å². The number of carbonyl (C=O) groups is 1. The molecule has 0 aliphatic carbocycles. The Bertz CT molecular complexity index is 745. The second-order valence-corrected chi connectivity index (χ2v) is 6.25. The number of urea groups is 1. The number of hydrogen-bond donors (Lipinski definition) is 2. The van der Waals surface area contributed by atoms with E-state index >= 15 is 0 Å². The van der Waals surface area contributed by atoms with Crippen molar-refractivity contribution < 1.29 is 9.53 Å². The summed E-state index contributed by atoms with van der Waals surface area (Å²) < 4.78 is 5.78. The quantitative estimate of drug-likeness (QED) is 0.896. The maximum absolute atomic E-state index is 12.8. The Morgan fingerprint density at radius 3 is 2.92 bits per heavy atom. The van der Waals surface area contributed by atoms with E-state index in [2.05, 4.69) is 23.6 Å².